The van der Waals surface area contributed by atoms with Crippen LogP contribution in [0.3, 0.4) is 0 Å². The van der Waals surface area contributed by atoms with Crippen LogP contribution in [-0.2, 0) is 4.79 Å². The fourth-order valence-electron chi connectivity index (χ4n) is 1.70. The van der Waals surface area contributed by atoms with Gasteiger partial charge in [0.05, 0.1) is 5.75 Å². The molecular formula is C15H19N3O2S. The monoisotopic (exact) mass is 305 g/mol. The highest BCUT2D eigenvalue weighted by atomic mass is 32.2. The molecule has 112 valence electrons. The van der Waals surface area contributed by atoms with E-state index in [0.717, 1.165) is 12.0 Å². The zero-order chi connectivity index (χ0) is 15.2. The van der Waals surface area contributed by atoms with Crippen LogP contribution in [0.15, 0.2) is 27.8 Å². The third-order valence-corrected chi connectivity index (χ3v) is 3.88. The van der Waals surface area contributed by atoms with E-state index in [2.05, 4.69) is 22.4 Å². The first kappa shape index (κ1) is 15.6. The fraction of sp³-hybridized carbons (Fsp3) is 0.400. The van der Waals surface area contributed by atoms with Crippen LogP contribution in [0.4, 0.5) is 0 Å². The van der Waals surface area contributed by atoms with Crippen LogP contribution in [0.5, 0.6) is 0 Å². The molecule has 0 aliphatic carbocycles. The minimum absolute atomic E-state index is 0.0206. The number of hydrogen-bond donors (Lipinski definition) is 1. The summed E-state index contributed by atoms with van der Waals surface area (Å²) in [5, 5.41) is 11.2. The molecule has 21 heavy (non-hydrogen) atoms. The molecule has 0 spiro atoms. The lowest BCUT2D eigenvalue weighted by atomic mass is 10.1. The number of aryl methyl sites for hydroxylation is 2. The van der Waals surface area contributed by atoms with Crippen molar-refractivity contribution in [1.29, 1.82) is 0 Å². The van der Waals surface area contributed by atoms with Crippen LogP contribution in [0, 0.1) is 13.8 Å². The molecule has 0 radical (unpaired) electrons. The number of benzene rings is 1. The van der Waals surface area contributed by atoms with Gasteiger partial charge in [0, 0.05) is 12.1 Å². The zero-order valence-corrected chi connectivity index (χ0v) is 13.3. The van der Waals surface area contributed by atoms with Crippen molar-refractivity contribution in [3.63, 3.8) is 0 Å². The van der Waals surface area contributed by atoms with Crippen LogP contribution in [0.25, 0.3) is 11.5 Å². The Morgan fingerprint density at radius 2 is 2.10 bits per heavy atom. The molecule has 1 heterocycles. The Morgan fingerprint density at radius 3 is 2.81 bits per heavy atom. The van der Waals surface area contributed by atoms with Gasteiger partial charge in [0.1, 0.15) is 0 Å². The highest BCUT2D eigenvalue weighted by molar-refractivity contribution is 7.99. The lowest BCUT2D eigenvalue weighted by Crippen LogP contribution is -2.25. The maximum atomic E-state index is 11.5. The third-order valence-electron chi connectivity index (χ3n) is 3.06. The maximum absolute atomic E-state index is 11.5. The molecule has 0 atom stereocenters. The van der Waals surface area contributed by atoms with E-state index in [1.54, 1.807) is 0 Å². The van der Waals surface area contributed by atoms with E-state index >= 15 is 0 Å². The molecule has 6 heteroatoms. The van der Waals surface area contributed by atoms with Gasteiger partial charge in [0.2, 0.25) is 11.8 Å². The first-order valence-electron chi connectivity index (χ1n) is 6.90. The van der Waals surface area contributed by atoms with E-state index in [1.165, 1.54) is 22.9 Å². The zero-order valence-electron chi connectivity index (χ0n) is 12.5. The Labute approximate surface area is 128 Å². The molecule has 0 aliphatic heterocycles. The fourth-order valence-corrected chi connectivity index (χ4v) is 2.29. The number of hydrogen-bond acceptors (Lipinski definition) is 5. The standard InChI is InChI=1S/C15H19N3O2S/c1-4-7-16-13(19)9-21-15-18-17-14(20-15)12-6-5-10(2)11(3)8-12/h5-6,8H,4,7,9H2,1-3H3,(H,16,19). The normalized spacial score (nSPS) is 10.6. The van der Waals surface area contributed by atoms with Gasteiger partial charge in [-0.05, 0) is 43.5 Å². The predicted octanol–water partition coefficient (Wildman–Crippen LogP) is 2.97. The maximum Gasteiger partial charge on any atom is 0.277 e. The number of aromatic nitrogens is 2. The first-order valence-corrected chi connectivity index (χ1v) is 7.89. The summed E-state index contributed by atoms with van der Waals surface area (Å²) in [5.41, 5.74) is 3.30. The number of carbonyl (C=O) groups excluding carboxylic acids is 1. The number of nitrogens with zero attached hydrogens (tertiary/aromatic N) is 2. The van der Waals surface area contributed by atoms with Gasteiger partial charge in [-0.2, -0.15) is 0 Å². The second-order valence-corrected chi connectivity index (χ2v) is 5.74. The van der Waals surface area contributed by atoms with Crippen molar-refractivity contribution in [2.45, 2.75) is 32.4 Å². The Kier molecular flexibility index (Phi) is 5.38. The summed E-state index contributed by atoms with van der Waals surface area (Å²) in [6, 6.07) is 6.00. The van der Waals surface area contributed by atoms with Gasteiger partial charge in [0.15, 0.2) is 0 Å². The highest BCUT2D eigenvalue weighted by Gasteiger charge is 2.11. The molecule has 0 saturated heterocycles. The topological polar surface area (TPSA) is 68.0 Å². The molecule has 5 nitrogen and oxygen atoms in total. The van der Waals surface area contributed by atoms with Crippen molar-refractivity contribution in [3.05, 3.63) is 29.3 Å². The number of nitrogens with one attached hydrogen (secondary N) is 1. The summed E-state index contributed by atoms with van der Waals surface area (Å²) < 4.78 is 5.58. The van der Waals surface area contributed by atoms with Crippen molar-refractivity contribution in [2.24, 2.45) is 0 Å². The molecule has 1 aromatic carbocycles. The van der Waals surface area contributed by atoms with Gasteiger partial charge in [-0.1, -0.05) is 24.8 Å². The Bertz CT molecular complexity index is 625. The van der Waals surface area contributed by atoms with E-state index in [0.29, 0.717) is 17.7 Å². The van der Waals surface area contributed by atoms with Crippen molar-refractivity contribution >= 4 is 17.7 Å². The molecule has 2 aromatic rings. The molecule has 0 saturated carbocycles. The average molecular weight is 305 g/mol. The molecular weight excluding hydrogens is 286 g/mol. The lowest BCUT2D eigenvalue weighted by molar-refractivity contribution is -0.118. The van der Waals surface area contributed by atoms with E-state index in [-0.39, 0.29) is 11.7 Å². The number of rotatable bonds is 6. The molecule has 0 bridgehead atoms. The predicted molar refractivity (Wildman–Crippen MR) is 83.2 cm³/mol. The summed E-state index contributed by atoms with van der Waals surface area (Å²) in [5.74, 6) is 0.747. The van der Waals surface area contributed by atoms with Gasteiger partial charge >= 0.3 is 0 Å². The minimum atomic E-state index is -0.0206. The van der Waals surface area contributed by atoms with E-state index in [9.17, 15) is 4.79 Å². The van der Waals surface area contributed by atoms with Crippen molar-refractivity contribution < 1.29 is 9.21 Å². The van der Waals surface area contributed by atoms with Crippen LogP contribution < -0.4 is 5.32 Å². The molecule has 1 amide bonds. The van der Waals surface area contributed by atoms with Crippen LogP contribution in [-0.4, -0.2) is 28.4 Å². The summed E-state index contributed by atoms with van der Waals surface area (Å²) in [6.07, 6.45) is 0.924. The van der Waals surface area contributed by atoms with Gasteiger partial charge in [-0.3, -0.25) is 4.79 Å². The van der Waals surface area contributed by atoms with Crippen molar-refractivity contribution in [3.8, 4) is 11.5 Å². The second kappa shape index (κ2) is 7.26. The highest BCUT2D eigenvalue weighted by Crippen LogP contribution is 2.24. The molecule has 1 aromatic heterocycles. The van der Waals surface area contributed by atoms with Gasteiger partial charge in [0.25, 0.3) is 5.22 Å². The number of carbonyl (C=O) groups is 1. The van der Waals surface area contributed by atoms with Crippen molar-refractivity contribution in [1.82, 2.24) is 15.5 Å². The Morgan fingerprint density at radius 1 is 1.29 bits per heavy atom. The van der Waals surface area contributed by atoms with Gasteiger partial charge in [-0.15, -0.1) is 10.2 Å². The summed E-state index contributed by atoms with van der Waals surface area (Å²) in [7, 11) is 0. The van der Waals surface area contributed by atoms with E-state index < -0.39 is 0 Å². The smallest absolute Gasteiger partial charge is 0.277 e. The second-order valence-electron chi connectivity index (χ2n) is 4.81. The van der Waals surface area contributed by atoms with E-state index in [4.69, 9.17) is 4.42 Å². The number of amides is 1. The number of thioether (sulfide) groups is 1. The Balaban J connectivity index is 1.98. The average Bonchev–Trinajstić information content (AvgIpc) is 2.94. The molecule has 1 N–H and O–H groups in total. The quantitative estimate of drug-likeness (QED) is 0.831. The first-order chi connectivity index (χ1) is 10.1. The van der Waals surface area contributed by atoms with Crippen LogP contribution >= 0.6 is 11.8 Å². The minimum Gasteiger partial charge on any atom is -0.411 e. The molecule has 0 fully saturated rings. The third kappa shape index (κ3) is 4.32. The largest absolute Gasteiger partial charge is 0.411 e. The van der Waals surface area contributed by atoms with Crippen LogP contribution in [0.2, 0.25) is 0 Å². The molecule has 0 unspecified atom stereocenters. The van der Waals surface area contributed by atoms with Crippen LogP contribution in [0.1, 0.15) is 24.5 Å². The summed E-state index contributed by atoms with van der Waals surface area (Å²) in [4.78, 5) is 11.5. The van der Waals surface area contributed by atoms with Crippen molar-refractivity contribution in [2.75, 3.05) is 12.3 Å². The van der Waals surface area contributed by atoms with E-state index in [1.807, 2.05) is 32.0 Å². The van der Waals surface area contributed by atoms with Gasteiger partial charge < -0.3 is 9.73 Å². The SMILES string of the molecule is CCCNC(=O)CSc1nnc(-c2ccc(C)c(C)c2)o1. The molecule has 0 aliphatic rings. The van der Waals surface area contributed by atoms with Gasteiger partial charge in [-0.25, -0.2) is 0 Å². The summed E-state index contributed by atoms with van der Waals surface area (Å²) >= 11 is 1.25. The molecule has 2 rings (SSSR count). The summed E-state index contributed by atoms with van der Waals surface area (Å²) in [6.45, 7) is 6.81. The Hall–Kier alpha value is -1.82. The lowest BCUT2D eigenvalue weighted by Gasteiger charge is -2.01.